The molecule has 15 heavy (non-hydrogen) atoms. The van der Waals surface area contributed by atoms with E-state index in [9.17, 15) is 10.1 Å². The van der Waals surface area contributed by atoms with E-state index < -0.39 is 4.92 Å². The van der Waals surface area contributed by atoms with E-state index in [0.29, 0.717) is 19.0 Å². The van der Waals surface area contributed by atoms with Gasteiger partial charge in [-0.05, 0) is 18.9 Å². The maximum atomic E-state index is 10.7. The Bertz CT molecular complexity index is 378. The van der Waals surface area contributed by atoms with E-state index in [4.69, 9.17) is 9.47 Å². The molecule has 0 radical (unpaired) electrons. The van der Waals surface area contributed by atoms with Gasteiger partial charge in [-0.15, -0.1) is 0 Å². The first-order valence-electron chi connectivity index (χ1n) is 4.82. The van der Waals surface area contributed by atoms with E-state index in [-0.39, 0.29) is 11.4 Å². The molecular formula is C10H11NO4. The van der Waals surface area contributed by atoms with Crippen LogP contribution in [0.15, 0.2) is 18.2 Å². The summed E-state index contributed by atoms with van der Waals surface area (Å²) in [6, 6.07) is 4.71. The average Bonchev–Trinajstić information content (AvgIpc) is 2.17. The van der Waals surface area contributed by atoms with Crippen LogP contribution >= 0.6 is 0 Å². The summed E-state index contributed by atoms with van der Waals surface area (Å²) in [5.41, 5.74) is -0.0330. The van der Waals surface area contributed by atoms with Crippen molar-refractivity contribution in [3.63, 3.8) is 0 Å². The van der Waals surface area contributed by atoms with Gasteiger partial charge in [0.15, 0.2) is 5.75 Å². The fourth-order valence-corrected chi connectivity index (χ4v) is 1.47. The van der Waals surface area contributed by atoms with E-state index in [0.717, 1.165) is 12.8 Å². The van der Waals surface area contributed by atoms with Gasteiger partial charge in [0.05, 0.1) is 18.1 Å². The quantitative estimate of drug-likeness (QED) is 0.525. The van der Waals surface area contributed by atoms with Gasteiger partial charge in [0, 0.05) is 6.07 Å². The number of nitro groups is 1. The van der Waals surface area contributed by atoms with Gasteiger partial charge >= 0.3 is 5.69 Å². The first-order valence-corrected chi connectivity index (χ1v) is 4.82. The lowest BCUT2D eigenvalue weighted by Gasteiger charge is -2.15. The Labute approximate surface area is 86.8 Å². The van der Waals surface area contributed by atoms with E-state index in [2.05, 4.69) is 0 Å². The van der Waals surface area contributed by atoms with Crippen LogP contribution in [0.2, 0.25) is 0 Å². The number of benzene rings is 1. The lowest BCUT2D eigenvalue weighted by molar-refractivity contribution is -0.386. The lowest BCUT2D eigenvalue weighted by atomic mass is 10.2. The van der Waals surface area contributed by atoms with Crippen LogP contribution in [0.3, 0.4) is 0 Å². The largest absolute Gasteiger partial charge is 0.489 e. The van der Waals surface area contributed by atoms with Gasteiger partial charge in [-0.1, -0.05) is 6.07 Å². The number of ether oxygens (including phenoxy) is 2. The maximum Gasteiger partial charge on any atom is 0.314 e. The van der Waals surface area contributed by atoms with Crippen molar-refractivity contribution < 1.29 is 14.4 Å². The number of hydrogen-bond acceptors (Lipinski definition) is 4. The molecule has 1 aliphatic rings. The van der Waals surface area contributed by atoms with Gasteiger partial charge in [0.2, 0.25) is 5.75 Å². The second kappa shape index (κ2) is 4.16. The zero-order chi connectivity index (χ0) is 10.7. The molecule has 2 rings (SSSR count). The highest BCUT2D eigenvalue weighted by molar-refractivity contribution is 5.55. The van der Waals surface area contributed by atoms with Gasteiger partial charge in [-0.3, -0.25) is 10.1 Å². The summed E-state index contributed by atoms with van der Waals surface area (Å²) < 4.78 is 10.7. The van der Waals surface area contributed by atoms with Crippen molar-refractivity contribution in [2.45, 2.75) is 12.8 Å². The normalized spacial score (nSPS) is 15.2. The number of fused-ring (bicyclic) bond motifs is 1. The molecule has 0 fully saturated rings. The molecule has 0 N–H and O–H groups in total. The number of nitrogens with zero attached hydrogens (tertiary/aromatic N) is 1. The molecule has 0 bridgehead atoms. The fraction of sp³-hybridized carbons (Fsp3) is 0.400. The molecule has 5 nitrogen and oxygen atoms in total. The van der Waals surface area contributed by atoms with Crippen LogP contribution in [0.5, 0.6) is 11.5 Å². The van der Waals surface area contributed by atoms with Crippen molar-refractivity contribution in [2.75, 3.05) is 13.2 Å². The molecule has 0 saturated heterocycles. The minimum Gasteiger partial charge on any atom is -0.489 e. The zero-order valence-electron chi connectivity index (χ0n) is 8.14. The molecule has 0 aliphatic carbocycles. The summed E-state index contributed by atoms with van der Waals surface area (Å²) in [7, 11) is 0. The molecule has 80 valence electrons. The SMILES string of the molecule is O=[N+]([O-])c1cccc2c1OCCCCO2. The van der Waals surface area contributed by atoms with Crippen LogP contribution in [0.1, 0.15) is 12.8 Å². The Morgan fingerprint density at radius 3 is 2.67 bits per heavy atom. The molecule has 0 aromatic heterocycles. The third kappa shape index (κ3) is 2.01. The first-order chi connectivity index (χ1) is 7.29. The summed E-state index contributed by atoms with van der Waals surface area (Å²) in [6.07, 6.45) is 1.76. The summed E-state index contributed by atoms with van der Waals surface area (Å²) in [6.45, 7) is 1.08. The third-order valence-corrected chi connectivity index (χ3v) is 2.20. The Balaban J connectivity index is 2.41. The fourth-order valence-electron chi connectivity index (χ4n) is 1.47. The van der Waals surface area contributed by atoms with Crippen molar-refractivity contribution in [1.29, 1.82) is 0 Å². The number of nitro benzene ring substituents is 1. The monoisotopic (exact) mass is 209 g/mol. The summed E-state index contributed by atoms with van der Waals surface area (Å²) in [5, 5.41) is 10.7. The van der Waals surface area contributed by atoms with Gasteiger partial charge < -0.3 is 9.47 Å². The average molecular weight is 209 g/mol. The highest BCUT2D eigenvalue weighted by Gasteiger charge is 2.21. The Morgan fingerprint density at radius 2 is 1.93 bits per heavy atom. The third-order valence-electron chi connectivity index (χ3n) is 2.20. The van der Waals surface area contributed by atoms with Crippen molar-refractivity contribution in [3.05, 3.63) is 28.3 Å². The minimum atomic E-state index is -0.455. The Kier molecular flexibility index (Phi) is 2.71. The van der Waals surface area contributed by atoms with Gasteiger partial charge in [-0.2, -0.15) is 0 Å². The van der Waals surface area contributed by atoms with Gasteiger partial charge in [-0.25, -0.2) is 0 Å². The van der Waals surface area contributed by atoms with Crippen molar-refractivity contribution in [2.24, 2.45) is 0 Å². The minimum absolute atomic E-state index is 0.0330. The van der Waals surface area contributed by atoms with E-state index >= 15 is 0 Å². The predicted octanol–water partition coefficient (Wildman–Crippen LogP) is 2.15. The molecule has 1 heterocycles. The molecule has 1 aromatic rings. The second-order valence-corrected chi connectivity index (χ2v) is 3.27. The Morgan fingerprint density at radius 1 is 1.20 bits per heavy atom. The van der Waals surface area contributed by atoms with Gasteiger partial charge in [0.1, 0.15) is 0 Å². The van der Waals surface area contributed by atoms with Crippen molar-refractivity contribution in [3.8, 4) is 11.5 Å². The van der Waals surface area contributed by atoms with Crippen LogP contribution in [-0.4, -0.2) is 18.1 Å². The molecule has 0 unspecified atom stereocenters. The molecule has 1 aliphatic heterocycles. The van der Waals surface area contributed by atoms with Crippen molar-refractivity contribution >= 4 is 5.69 Å². The lowest BCUT2D eigenvalue weighted by Crippen LogP contribution is -2.09. The highest BCUT2D eigenvalue weighted by atomic mass is 16.6. The van der Waals surface area contributed by atoms with Crippen LogP contribution in [0.4, 0.5) is 5.69 Å². The van der Waals surface area contributed by atoms with E-state index in [1.807, 2.05) is 0 Å². The molecule has 0 amide bonds. The molecule has 0 atom stereocenters. The summed E-state index contributed by atoms with van der Waals surface area (Å²) >= 11 is 0. The standard InChI is InChI=1S/C10H11NO4/c12-11(13)8-4-3-5-9-10(8)15-7-2-1-6-14-9/h3-5H,1-2,6-7H2. The number of rotatable bonds is 1. The van der Waals surface area contributed by atoms with E-state index in [1.54, 1.807) is 12.1 Å². The molecule has 1 aromatic carbocycles. The number of para-hydroxylation sites is 1. The van der Waals surface area contributed by atoms with Crippen LogP contribution in [-0.2, 0) is 0 Å². The van der Waals surface area contributed by atoms with Crippen LogP contribution in [0, 0.1) is 10.1 Å². The van der Waals surface area contributed by atoms with Gasteiger partial charge in [0.25, 0.3) is 0 Å². The zero-order valence-corrected chi connectivity index (χ0v) is 8.14. The second-order valence-electron chi connectivity index (χ2n) is 3.27. The molecular weight excluding hydrogens is 198 g/mol. The molecule has 0 saturated carbocycles. The number of hydrogen-bond donors (Lipinski definition) is 0. The van der Waals surface area contributed by atoms with E-state index in [1.165, 1.54) is 6.07 Å². The summed E-state index contributed by atoms with van der Waals surface area (Å²) in [4.78, 5) is 10.3. The Hall–Kier alpha value is -1.78. The van der Waals surface area contributed by atoms with Crippen molar-refractivity contribution in [1.82, 2.24) is 0 Å². The highest BCUT2D eigenvalue weighted by Crippen LogP contribution is 2.37. The van der Waals surface area contributed by atoms with Crippen LogP contribution < -0.4 is 9.47 Å². The first kappa shape index (κ1) is 9.76. The topological polar surface area (TPSA) is 61.6 Å². The predicted molar refractivity (Wildman–Crippen MR) is 53.3 cm³/mol. The molecule has 5 heteroatoms. The maximum absolute atomic E-state index is 10.7. The summed E-state index contributed by atoms with van der Waals surface area (Å²) in [5.74, 6) is 0.714. The molecule has 0 spiro atoms. The smallest absolute Gasteiger partial charge is 0.314 e. The van der Waals surface area contributed by atoms with Crippen LogP contribution in [0.25, 0.3) is 0 Å².